The number of nitrogens with zero attached hydrogens (tertiary/aromatic N) is 2. The van der Waals surface area contributed by atoms with E-state index in [4.69, 9.17) is 0 Å². The van der Waals surface area contributed by atoms with Gasteiger partial charge in [-0.15, -0.1) is 0 Å². The van der Waals surface area contributed by atoms with Crippen molar-refractivity contribution in [1.29, 1.82) is 0 Å². The van der Waals surface area contributed by atoms with Gasteiger partial charge in [0.05, 0.1) is 0 Å². The molecule has 2 nitrogen and oxygen atoms in total. The van der Waals surface area contributed by atoms with Gasteiger partial charge in [-0.05, 0) is 25.7 Å². The van der Waals surface area contributed by atoms with Crippen molar-refractivity contribution in [2.24, 2.45) is 0 Å². The zero-order chi connectivity index (χ0) is 19.3. The predicted molar refractivity (Wildman–Crippen MR) is 120 cm³/mol. The van der Waals surface area contributed by atoms with Crippen molar-refractivity contribution in [3.8, 4) is 0 Å². The highest BCUT2D eigenvalue weighted by Gasteiger charge is 2.13. The molecule has 0 unspecified atom stereocenters. The highest BCUT2D eigenvalue weighted by Crippen LogP contribution is 2.12. The lowest BCUT2D eigenvalue weighted by molar-refractivity contribution is -0.0299. The van der Waals surface area contributed by atoms with Crippen LogP contribution in [0.3, 0.4) is 0 Å². The molecular weight excluding hydrogens is 316 g/mol. The Kier molecular flexibility index (Phi) is 21.2. The highest BCUT2D eigenvalue weighted by atomic mass is 15.6. The van der Waals surface area contributed by atoms with Crippen LogP contribution in [0.15, 0.2) is 0 Å². The van der Waals surface area contributed by atoms with Crippen molar-refractivity contribution < 1.29 is 0 Å². The molecule has 26 heavy (non-hydrogen) atoms. The van der Waals surface area contributed by atoms with Gasteiger partial charge < -0.3 is 0 Å². The summed E-state index contributed by atoms with van der Waals surface area (Å²) in [6, 6.07) is 0. The highest BCUT2D eigenvalue weighted by molar-refractivity contribution is 4.61. The lowest BCUT2D eigenvalue weighted by Gasteiger charge is -2.35. The first-order valence-electron chi connectivity index (χ1n) is 12.3. The number of hydrogen-bond acceptors (Lipinski definition) is 2. The number of rotatable bonds is 21. The van der Waals surface area contributed by atoms with E-state index in [1.807, 2.05) is 0 Å². The molecule has 0 aromatic rings. The van der Waals surface area contributed by atoms with Gasteiger partial charge >= 0.3 is 0 Å². The molecule has 0 radical (unpaired) electrons. The van der Waals surface area contributed by atoms with Gasteiger partial charge in [0.2, 0.25) is 0 Å². The maximum atomic E-state index is 2.71. The molecule has 0 N–H and O–H groups in total. The van der Waals surface area contributed by atoms with Crippen molar-refractivity contribution in [3.05, 3.63) is 0 Å². The third-order valence-electron chi connectivity index (χ3n) is 5.48. The van der Waals surface area contributed by atoms with E-state index in [9.17, 15) is 0 Å². The van der Waals surface area contributed by atoms with Crippen LogP contribution < -0.4 is 0 Å². The molecule has 0 saturated carbocycles. The van der Waals surface area contributed by atoms with E-state index in [-0.39, 0.29) is 0 Å². The summed E-state index contributed by atoms with van der Waals surface area (Å²) < 4.78 is 0. The fraction of sp³-hybridized carbons (Fsp3) is 1.00. The molecule has 0 rings (SSSR count). The van der Waals surface area contributed by atoms with Crippen LogP contribution in [0.25, 0.3) is 0 Å². The summed E-state index contributed by atoms with van der Waals surface area (Å²) >= 11 is 0. The minimum absolute atomic E-state index is 1.26. The summed E-state index contributed by atoms with van der Waals surface area (Å²) in [6.45, 7) is 14.3. The summed E-state index contributed by atoms with van der Waals surface area (Å²) in [5.41, 5.74) is 0. The Morgan fingerprint density at radius 2 is 0.577 bits per heavy atom. The first kappa shape index (κ1) is 25.9. The van der Waals surface area contributed by atoms with Gasteiger partial charge in [0, 0.05) is 26.2 Å². The molecule has 0 aliphatic heterocycles. The Balaban J connectivity index is 3.98. The molecular formula is C24H52N2. The molecule has 0 saturated heterocycles. The predicted octanol–water partition coefficient (Wildman–Crippen LogP) is 7.83. The van der Waals surface area contributed by atoms with E-state index >= 15 is 0 Å². The quantitative estimate of drug-likeness (QED) is 0.150. The van der Waals surface area contributed by atoms with Gasteiger partial charge in [-0.2, -0.15) is 0 Å². The molecule has 0 amide bonds. The maximum Gasteiger partial charge on any atom is 0.0133 e. The number of hydrogen-bond donors (Lipinski definition) is 0. The zero-order valence-corrected chi connectivity index (χ0v) is 19.0. The average molecular weight is 369 g/mol. The minimum Gasteiger partial charge on any atom is -0.242 e. The summed E-state index contributed by atoms with van der Waals surface area (Å²) in [5, 5.41) is 5.40. The first-order chi connectivity index (χ1) is 12.8. The molecule has 0 aliphatic carbocycles. The van der Waals surface area contributed by atoms with Crippen LogP contribution in [0.1, 0.15) is 130 Å². The summed E-state index contributed by atoms with van der Waals surface area (Å²) in [4.78, 5) is 0. The van der Waals surface area contributed by atoms with Crippen LogP contribution in [0.5, 0.6) is 0 Å². The summed E-state index contributed by atoms with van der Waals surface area (Å²) in [6.07, 6.45) is 22.3. The van der Waals surface area contributed by atoms with E-state index in [0.717, 1.165) is 0 Å². The van der Waals surface area contributed by atoms with Gasteiger partial charge in [-0.3, -0.25) is 0 Å². The Morgan fingerprint density at radius 3 is 0.923 bits per heavy atom. The second kappa shape index (κ2) is 21.2. The monoisotopic (exact) mass is 368 g/mol. The largest absolute Gasteiger partial charge is 0.242 e. The van der Waals surface area contributed by atoms with E-state index in [1.165, 1.54) is 129 Å². The SMILES string of the molecule is CCCCCCCCCCCCN(CCCC)N(CCCC)CCCC. The molecule has 0 spiro atoms. The van der Waals surface area contributed by atoms with Gasteiger partial charge in [0.15, 0.2) is 0 Å². The lowest BCUT2D eigenvalue weighted by Crippen LogP contribution is -2.45. The second-order valence-corrected chi connectivity index (χ2v) is 8.15. The van der Waals surface area contributed by atoms with E-state index in [2.05, 4.69) is 37.7 Å². The summed E-state index contributed by atoms with van der Waals surface area (Å²) in [7, 11) is 0. The molecule has 0 atom stereocenters. The topological polar surface area (TPSA) is 6.48 Å². The number of hydrazine groups is 1. The zero-order valence-electron chi connectivity index (χ0n) is 19.0. The minimum atomic E-state index is 1.26. The van der Waals surface area contributed by atoms with Crippen LogP contribution >= 0.6 is 0 Å². The molecule has 0 aromatic carbocycles. The standard InChI is InChI=1S/C24H52N2/c1-5-9-13-14-15-16-17-18-19-20-24-26(23-12-8-4)25(21-10-6-2)22-11-7-3/h5-24H2,1-4H3. The smallest absolute Gasteiger partial charge is 0.0133 e. The van der Waals surface area contributed by atoms with Crippen molar-refractivity contribution in [3.63, 3.8) is 0 Å². The van der Waals surface area contributed by atoms with Crippen LogP contribution in [0.4, 0.5) is 0 Å². The van der Waals surface area contributed by atoms with E-state index < -0.39 is 0 Å². The molecule has 2 heteroatoms. The van der Waals surface area contributed by atoms with Crippen LogP contribution in [-0.2, 0) is 0 Å². The Labute approximate surface area is 167 Å². The first-order valence-corrected chi connectivity index (χ1v) is 12.3. The van der Waals surface area contributed by atoms with Gasteiger partial charge in [-0.25, -0.2) is 10.0 Å². The van der Waals surface area contributed by atoms with Crippen molar-refractivity contribution in [2.45, 2.75) is 130 Å². The fourth-order valence-corrected chi connectivity index (χ4v) is 3.59. The number of unbranched alkanes of at least 4 members (excludes halogenated alkanes) is 12. The Morgan fingerprint density at radius 1 is 0.308 bits per heavy atom. The van der Waals surface area contributed by atoms with Crippen molar-refractivity contribution in [2.75, 3.05) is 26.2 Å². The molecule has 158 valence electrons. The molecule has 0 heterocycles. The van der Waals surface area contributed by atoms with Gasteiger partial charge in [-0.1, -0.05) is 105 Å². The van der Waals surface area contributed by atoms with E-state index in [1.54, 1.807) is 0 Å². The fourth-order valence-electron chi connectivity index (χ4n) is 3.59. The van der Waals surface area contributed by atoms with E-state index in [0.29, 0.717) is 0 Å². The maximum absolute atomic E-state index is 2.71. The van der Waals surface area contributed by atoms with Crippen molar-refractivity contribution in [1.82, 2.24) is 10.0 Å². The van der Waals surface area contributed by atoms with Crippen LogP contribution in [0, 0.1) is 0 Å². The lowest BCUT2D eigenvalue weighted by atomic mass is 10.1. The normalized spacial score (nSPS) is 11.8. The Hall–Kier alpha value is -0.0800. The van der Waals surface area contributed by atoms with Crippen LogP contribution in [-0.4, -0.2) is 36.2 Å². The van der Waals surface area contributed by atoms with Crippen LogP contribution in [0.2, 0.25) is 0 Å². The van der Waals surface area contributed by atoms with Crippen molar-refractivity contribution >= 4 is 0 Å². The third-order valence-corrected chi connectivity index (χ3v) is 5.48. The summed E-state index contributed by atoms with van der Waals surface area (Å²) in [5.74, 6) is 0. The molecule has 0 aromatic heterocycles. The molecule has 0 bridgehead atoms. The molecule has 0 aliphatic rings. The average Bonchev–Trinajstić information content (AvgIpc) is 2.66. The van der Waals surface area contributed by atoms with Gasteiger partial charge in [0.25, 0.3) is 0 Å². The van der Waals surface area contributed by atoms with Gasteiger partial charge in [0.1, 0.15) is 0 Å². The Bertz CT molecular complexity index is 247. The third kappa shape index (κ3) is 16.1. The molecule has 0 fully saturated rings. The second-order valence-electron chi connectivity index (χ2n) is 8.15.